The summed E-state index contributed by atoms with van der Waals surface area (Å²) in [5.74, 6) is 3.71. The zero-order valence-corrected chi connectivity index (χ0v) is 13.4. The Bertz CT molecular complexity index is 446. The maximum Gasteiger partial charge on any atom is 0.136 e. The zero-order chi connectivity index (χ0) is 15.2. The van der Waals surface area contributed by atoms with Gasteiger partial charge in [-0.05, 0) is 31.6 Å². The van der Waals surface area contributed by atoms with Gasteiger partial charge in [0.2, 0.25) is 0 Å². The first-order chi connectivity index (χ1) is 10.1. The molecule has 0 radical (unpaired) electrons. The number of hydrogen-bond donors (Lipinski definition) is 3. The molecule has 1 aliphatic rings. The standard InChI is InChI=1S/C16H28N4O/c1-4-8-17-14-10-15(18-13(7-9-21)11(2)3)20-16(19-14)12-5-6-12/h10-13,21H,4-9H2,1-3H3,(H2,17,18,19,20). The third-order valence-electron chi connectivity index (χ3n) is 3.82. The van der Waals surface area contributed by atoms with Crippen molar-refractivity contribution in [1.29, 1.82) is 0 Å². The number of rotatable bonds is 9. The second kappa shape index (κ2) is 7.59. The molecule has 0 saturated heterocycles. The lowest BCUT2D eigenvalue weighted by molar-refractivity contribution is 0.267. The van der Waals surface area contributed by atoms with Crippen molar-refractivity contribution in [3.05, 3.63) is 11.9 Å². The lowest BCUT2D eigenvalue weighted by Gasteiger charge is -2.22. The van der Waals surface area contributed by atoms with Gasteiger partial charge in [0.15, 0.2) is 0 Å². The molecule has 1 aromatic heterocycles. The highest BCUT2D eigenvalue weighted by atomic mass is 16.3. The fourth-order valence-electron chi connectivity index (χ4n) is 2.31. The van der Waals surface area contributed by atoms with Crippen LogP contribution in [0.15, 0.2) is 6.07 Å². The SMILES string of the molecule is CCCNc1cc(NC(CCO)C(C)C)nc(C2CC2)n1. The molecular formula is C16H28N4O. The molecule has 5 nitrogen and oxygen atoms in total. The maximum atomic E-state index is 9.20. The summed E-state index contributed by atoms with van der Waals surface area (Å²) in [6, 6.07) is 2.21. The molecule has 21 heavy (non-hydrogen) atoms. The second-order valence-electron chi connectivity index (χ2n) is 6.20. The molecule has 1 aliphatic carbocycles. The second-order valence-corrected chi connectivity index (χ2v) is 6.20. The number of hydrogen-bond acceptors (Lipinski definition) is 5. The topological polar surface area (TPSA) is 70.1 Å². The van der Waals surface area contributed by atoms with Gasteiger partial charge in [-0.2, -0.15) is 0 Å². The van der Waals surface area contributed by atoms with Crippen LogP contribution in [0.1, 0.15) is 58.2 Å². The third kappa shape index (κ3) is 4.84. The Morgan fingerprint density at radius 2 is 2.00 bits per heavy atom. The highest BCUT2D eigenvalue weighted by molar-refractivity contribution is 5.48. The monoisotopic (exact) mass is 292 g/mol. The molecule has 1 heterocycles. The Labute approximate surface area is 127 Å². The van der Waals surface area contributed by atoms with E-state index in [1.165, 1.54) is 12.8 Å². The van der Waals surface area contributed by atoms with Crippen molar-refractivity contribution in [1.82, 2.24) is 9.97 Å². The van der Waals surface area contributed by atoms with Crippen LogP contribution in [0.5, 0.6) is 0 Å². The van der Waals surface area contributed by atoms with E-state index in [-0.39, 0.29) is 12.6 Å². The lowest BCUT2D eigenvalue weighted by Crippen LogP contribution is -2.27. The smallest absolute Gasteiger partial charge is 0.136 e. The van der Waals surface area contributed by atoms with Crippen LogP contribution >= 0.6 is 0 Å². The Morgan fingerprint density at radius 1 is 1.29 bits per heavy atom. The van der Waals surface area contributed by atoms with Crippen LogP contribution in [0.25, 0.3) is 0 Å². The summed E-state index contributed by atoms with van der Waals surface area (Å²) in [7, 11) is 0. The highest BCUT2D eigenvalue weighted by Gasteiger charge is 2.27. The van der Waals surface area contributed by atoms with Gasteiger partial charge in [0, 0.05) is 31.2 Å². The lowest BCUT2D eigenvalue weighted by atomic mass is 10.0. The molecule has 1 fully saturated rings. The minimum absolute atomic E-state index is 0.192. The molecule has 5 heteroatoms. The van der Waals surface area contributed by atoms with Gasteiger partial charge < -0.3 is 15.7 Å². The Balaban J connectivity index is 2.14. The fourth-order valence-corrected chi connectivity index (χ4v) is 2.31. The first-order valence-corrected chi connectivity index (χ1v) is 8.14. The zero-order valence-electron chi connectivity index (χ0n) is 13.4. The molecular weight excluding hydrogens is 264 g/mol. The molecule has 3 N–H and O–H groups in total. The molecule has 1 aromatic rings. The summed E-state index contributed by atoms with van der Waals surface area (Å²) < 4.78 is 0. The van der Waals surface area contributed by atoms with Crippen LogP contribution in [-0.4, -0.2) is 34.3 Å². The van der Waals surface area contributed by atoms with Gasteiger partial charge in [-0.15, -0.1) is 0 Å². The number of aliphatic hydroxyl groups excluding tert-OH is 1. The number of nitrogens with one attached hydrogen (secondary N) is 2. The summed E-state index contributed by atoms with van der Waals surface area (Å²) >= 11 is 0. The Morgan fingerprint density at radius 3 is 2.57 bits per heavy atom. The van der Waals surface area contributed by atoms with E-state index in [0.29, 0.717) is 11.8 Å². The van der Waals surface area contributed by atoms with Crippen molar-refractivity contribution in [3.63, 3.8) is 0 Å². The fraction of sp³-hybridized carbons (Fsp3) is 0.750. The molecule has 0 aromatic carbocycles. The van der Waals surface area contributed by atoms with Crippen molar-refractivity contribution >= 4 is 11.6 Å². The quantitative estimate of drug-likeness (QED) is 0.653. The summed E-state index contributed by atoms with van der Waals surface area (Å²) in [5, 5.41) is 16.0. The first kappa shape index (κ1) is 16.0. The van der Waals surface area contributed by atoms with Crippen molar-refractivity contribution in [2.45, 2.75) is 58.4 Å². The minimum atomic E-state index is 0.192. The van der Waals surface area contributed by atoms with Crippen molar-refractivity contribution in [2.75, 3.05) is 23.8 Å². The van der Waals surface area contributed by atoms with Crippen LogP contribution < -0.4 is 10.6 Å². The van der Waals surface area contributed by atoms with Gasteiger partial charge in [-0.3, -0.25) is 0 Å². The van der Waals surface area contributed by atoms with E-state index >= 15 is 0 Å². The van der Waals surface area contributed by atoms with Gasteiger partial charge in [-0.1, -0.05) is 20.8 Å². The summed E-state index contributed by atoms with van der Waals surface area (Å²) in [4.78, 5) is 9.28. The molecule has 1 unspecified atom stereocenters. The Kier molecular flexibility index (Phi) is 5.79. The predicted molar refractivity (Wildman–Crippen MR) is 86.7 cm³/mol. The first-order valence-electron chi connectivity index (χ1n) is 8.14. The summed E-state index contributed by atoms with van der Waals surface area (Å²) in [6.07, 6.45) is 4.20. The van der Waals surface area contributed by atoms with Crippen molar-refractivity contribution in [2.24, 2.45) is 5.92 Å². The van der Waals surface area contributed by atoms with E-state index in [4.69, 9.17) is 0 Å². The van der Waals surface area contributed by atoms with Gasteiger partial charge in [0.05, 0.1) is 0 Å². The van der Waals surface area contributed by atoms with E-state index in [9.17, 15) is 5.11 Å². The number of aromatic nitrogens is 2. The van der Waals surface area contributed by atoms with Crippen LogP contribution in [0.3, 0.4) is 0 Å². The van der Waals surface area contributed by atoms with Crippen LogP contribution in [0.4, 0.5) is 11.6 Å². The van der Waals surface area contributed by atoms with Gasteiger partial charge in [0.1, 0.15) is 17.5 Å². The van der Waals surface area contributed by atoms with E-state index in [0.717, 1.165) is 36.8 Å². The number of anilines is 2. The summed E-state index contributed by atoms with van der Waals surface area (Å²) in [5.41, 5.74) is 0. The predicted octanol–water partition coefficient (Wildman–Crippen LogP) is 2.99. The van der Waals surface area contributed by atoms with E-state index in [2.05, 4.69) is 41.4 Å². The molecule has 0 spiro atoms. The van der Waals surface area contributed by atoms with Crippen LogP contribution in [-0.2, 0) is 0 Å². The van der Waals surface area contributed by atoms with E-state index < -0.39 is 0 Å². The molecule has 1 atom stereocenters. The minimum Gasteiger partial charge on any atom is -0.396 e. The summed E-state index contributed by atoms with van der Waals surface area (Å²) in [6.45, 7) is 7.58. The maximum absolute atomic E-state index is 9.20. The largest absolute Gasteiger partial charge is 0.396 e. The molecule has 0 aliphatic heterocycles. The van der Waals surface area contributed by atoms with Crippen LogP contribution in [0.2, 0.25) is 0 Å². The average Bonchev–Trinajstić information content (AvgIpc) is 3.29. The number of aliphatic hydroxyl groups is 1. The average molecular weight is 292 g/mol. The molecule has 0 amide bonds. The van der Waals surface area contributed by atoms with Crippen LogP contribution in [0, 0.1) is 5.92 Å². The third-order valence-corrected chi connectivity index (χ3v) is 3.82. The molecule has 0 bridgehead atoms. The number of nitrogens with zero attached hydrogens (tertiary/aromatic N) is 2. The van der Waals surface area contributed by atoms with E-state index in [1.54, 1.807) is 0 Å². The van der Waals surface area contributed by atoms with Gasteiger partial charge in [-0.25, -0.2) is 9.97 Å². The Hall–Kier alpha value is -1.36. The molecule has 118 valence electrons. The molecule has 1 saturated carbocycles. The van der Waals surface area contributed by atoms with Crippen molar-refractivity contribution in [3.8, 4) is 0 Å². The van der Waals surface area contributed by atoms with Gasteiger partial charge >= 0.3 is 0 Å². The molecule has 2 rings (SSSR count). The highest BCUT2D eigenvalue weighted by Crippen LogP contribution is 2.39. The van der Waals surface area contributed by atoms with Crippen molar-refractivity contribution < 1.29 is 5.11 Å². The normalized spacial score (nSPS) is 16.0. The van der Waals surface area contributed by atoms with E-state index in [1.807, 2.05) is 6.07 Å². The van der Waals surface area contributed by atoms with Gasteiger partial charge in [0.25, 0.3) is 0 Å².